The molecule has 0 radical (unpaired) electrons. The minimum Gasteiger partial charge on any atom is -0.384 e. The van der Waals surface area contributed by atoms with Crippen LogP contribution in [0.2, 0.25) is 0 Å². The highest BCUT2D eigenvalue weighted by Crippen LogP contribution is 2.22. The first-order chi connectivity index (χ1) is 9.53. The number of aryl methyl sites for hydroxylation is 1. The van der Waals surface area contributed by atoms with Gasteiger partial charge in [0, 0.05) is 18.3 Å². The zero-order valence-corrected chi connectivity index (χ0v) is 13.2. The maximum absolute atomic E-state index is 12.0. The van der Waals surface area contributed by atoms with E-state index in [1.807, 2.05) is 18.4 Å². The highest BCUT2D eigenvalue weighted by molar-refractivity contribution is 7.91. The molecule has 2 rings (SSSR count). The molecular formula is C14H18N2O2S2. The van der Waals surface area contributed by atoms with Gasteiger partial charge in [0.05, 0.1) is 27.0 Å². The van der Waals surface area contributed by atoms with Crippen LogP contribution in [-0.4, -0.2) is 25.7 Å². The van der Waals surface area contributed by atoms with Gasteiger partial charge in [0.25, 0.3) is 0 Å². The normalized spacial score (nSPS) is 11.5. The van der Waals surface area contributed by atoms with Crippen molar-refractivity contribution in [2.75, 3.05) is 17.6 Å². The van der Waals surface area contributed by atoms with Gasteiger partial charge in [-0.05, 0) is 19.1 Å². The molecule has 2 aromatic rings. The topological polar surface area (TPSA) is 59.1 Å². The summed E-state index contributed by atoms with van der Waals surface area (Å²) in [6, 6.07) is 7.03. The Bertz CT molecular complexity index is 678. The van der Waals surface area contributed by atoms with Crippen LogP contribution in [0.3, 0.4) is 0 Å². The van der Waals surface area contributed by atoms with Gasteiger partial charge < -0.3 is 5.32 Å². The molecule has 0 spiro atoms. The smallest absolute Gasteiger partial charge is 0.180 e. The number of rotatable bonds is 6. The Hall–Kier alpha value is -1.40. The number of nitrogens with zero attached hydrogens (tertiary/aromatic N) is 1. The molecule has 0 bridgehead atoms. The van der Waals surface area contributed by atoms with Gasteiger partial charge in [-0.1, -0.05) is 19.1 Å². The number of benzene rings is 1. The first kappa shape index (κ1) is 15.0. The molecule has 1 aromatic heterocycles. The summed E-state index contributed by atoms with van der Waals surface area (Å²) in [5.74, 6) is 0.108. The van der Waals surface area contributed by atoms with Crippen LogP contribution in [0.5, 0.6) is 0 Å². The van der Waals surface area contributed by atoms with Crippen molar-refractivity contribution in [2.45, 2.75) is 25.2 Å². The van der Waals surface area contributed by atoms with E-state index in [1.165, 1.54) is 0 Å². The second kappa shape index (κ2) is 6.37. The minimum atomic E-state index is -3.20. The van der Waals surface area contributed by atoms with Crippen molar-refractivity contribution in [3.8, 4) is 0 Å². The first-order valence-corrected chi connectivity index (χ1v) is 9.03. The predicted octanol–water partition coefficient (Wildman–Crippen LogP) is 2.90. The van der Waals surface area contributed by atoms with Crippen molar-refractivity contribution < 1.29 is 8.42 Å². The number of sulfone groups is 1. The van der Waals surface area contributed by atoms with Crippen molar-refractivity contribution >= 4 is 26.9 Å². The highest BCUT2D eigenvalue weighted by Gasteiger charge is 2.15. The Kier molecular flexibility index (Phi) is 4.77. The number of aromatic nitrogens is 1. The second-order valence-electron chi connectivity index (χ2n) is 4.43. The Balaban J connectivity index is 2.06. The third-order valence-corrected chi connectivity index (χ3v) is 5.57. The molecule has 108 valence electrons. The quantitative estimate of drug-likeness (QED) is 0.891. The van der Waals surface area contributed by atoms with Gasteiger partial charge >= 0.3 is 0 Å². The monoisotopic (exact) mass is 310 g/mol. The van der Waals surface area contributed by atoms with E-state index in [2.05, 4.69) is 10.3 Å². The fourth-order valence-corrected chi connectivity index (χ4v) is 3.61. The average Bonchev–Trinajstić information content (AvgIpc) is 2.85. The van der Waals surface area contributed by atoms with Crippen molar-refractivity contribution in [3.05, 3.63) is 40.3 Å². The standard InChI is InChI=1S/C14H18N2O2S2/c1-3-20(17,18)14-7-5-4-6-13(14)15-9-8-12-10-19-11(2)16-12/h4-7,10,15H,3,8-9H2,1-2H3. The SMILES string of the molecule is CCS(=O)(=O)c1ccccc1NCCc1csc(C)n1. The van der Waals surface area contributed by atoms with Gasteiger partial charge in [0.1, 0.15) is 0 Å². The fraction of sp³-hybridized carbons (Fsp3) is 0.357. The summed E-state index contributed by atoms with van der Waals surface area (Å²) in [6.07, 6.45) is 0.783. The summed E-state index contributed by atoms with van der Waals surface area (Å²) >= 11 is 1.63. The van der Waals surface area contributed by atoms with Gasteiger partial charge in [0.15, 0.2) is 9.84 Å². The number of hydrogen-bond acceptors (Lipinski definition) is 5. The maximum Gasteiger partial charge on any atom is 0.180 e. The average molecular weight is 310 g/mol. The Labute approximate surface area is 123 Å². The van der Waals surface area contributed by atoms with Crippen LogP contribution in [0.25, 0.3) is 0 Å². The molecule has 0 atom stereocenters. The molecule has 0 unspecified atom stereocenters. The molecule has 0 saturated heterocycles. The molecule has 1 aromatic carbocycles. The van der Waals surface area contributed by atoms with Crippen LogP contribution in [-0.2, 0) is 16.3 Å². The van der Waals surface area contributed by atoms with Gasteiger partial charge in [0.2, 0.25) is 0 Å². The van der Waals surface area contributed by atoms with E-state index in [-0.39, 0.29) is 5.75 Å². The fourth-order valence-electron chi connectivity index (χ4n) is 1.89. The van der Waals surface area contributed by atoms with Crippen LogP contribution < -0.4 is 5.32 Å². The van der Waals surface area contributed by atoms with Crippen molar-refractivity contribution in [3.63, 3.8) is 0 Å². The molecule has 0 aliphatic heterocycles. The third kappa shape index (κ3) is 3.58. The van der Waals surface area contributed by atoms with Crippen molar-refractivity contribution in [1.82, 2.24) is 4.98 Å². The lowest BCUT2D eigenvalue weighted by Gasteiger charge is -2.11. The van der Waals surface area contributed by atoms with E-state index >= 15 is 0 Å². The molecular weight excluding hydrogens is 292 g/mol. The molecule has 1 heterocycles. The number of para-hydroxylation sites is 1. The predicted molar refractivity (Wildman–Crippen MR) is 83.2 cm³/mol. The van der Waals surface area contributed by atoms with E-state index in [4.69, 9.17) is 0 Å². The Morgan fingerprint density at radius 2 is 2.05 bits per heavy atom. The van der Waals surface area contributed by atoms with E-state index in [1.54, 1.807) is 36.5 Å². The zero-order valence-electron chi connectivity index (χ0n) is 11.6. The zero-order chi connectivity index (χ0) is 14.6. The summed E-state index contributed by atoms with van der Waals surface area (Å²) in [6.45, 7) is 4.30. The molecule has 0 aliphatic carbocycles. The van der Waals surface area contributed by atoms with E-state index in [9.17, 15) is 8.42 Å². The first-order valence-electron chi connectivity index (χ1n) is 6.49. The third-order valence-electron chi connectivity index (χ3n) is 2.97. The molecule has 20 heavy (non-hydrogen) atoms. The highest BCUT2D eigenvalue weighted by atomic mass is 32.2. The van der Waals surface area contributed by atoms with Crippen LogP contribution in [0.15, 0.2) is 34.5 Å². The lowest BCUT2D eigenvalue weighted by atomic mass is 10.3. The van der Waals surface area contributed by atoms with Crippen LogP contribution in [0.4, 0.5) is 5.69 Å². The van der Waals surface area contributed by atoms with E-state index < -0.39 is 9.84 Å². The number of nitrogens with one attached hydrogen (secondary N) is 1. The second-order valence-corrected chi connectivity index (χ2v) is 7.74. The summed E-state index contributed by atoms with van der Waals surface area (Å²) in [7, 11) is -3.20. The summed E-state index contributed by atoms with van der Waals surface area (Å²) < 4.78 is 24.0. The maximum atomic E-state index is 12.0. The molecule has 4 nitrogen and oxygen atoms in total. The van der Waals surface area contributed by atoms with E-state index in [0.717, 1.165) is 17.1 Å². The molecule has 1 N–H and O–H groups in total. The number of hydrogen-bond donors (Lipinski definition) is 1. The van der Waals surface area contributed by atoms with E-state index in [0.29, 0.717) is 17.1 Å². The number of anilines is 1. The largest absolute Gasteiger partial charge is 0.384 e. The van der Waals surface area contributed by atoms with Crippen molar-refractivity contribution in [2.24, 2.45) is 0 Å². The van der Waals surface area contributed by atoms with Gasteiger partial charge in [-0.25, -0.2) is 13.4 Å². The summed E-state index contributed by atoms with van der Waals surface area (Å²) in [5.41, 5.74) is 1.71. The van der Waals surface area contributed by atoms with Gasteiger partial charge in [-0.3, -0.25) is 0 Å². The Morgan fingerprint density at radius 1 is 1.30 bits per heavy atom. The van der Waals surface area contributed by atoms with Crippen LogP contribution >= 0.6 is 11.3 Å². The molecule has 0 amide bonds. The molecule has 0 saturated carbocycles. The summed E-state index contributed by atoms with van der Waals surface area (Å²) in [5, 5.41) is 6.28. The lowest BCUT2D eigenvalue weighted by Crippen LogP contribution is -2.11. The number of thiazole rings is 1. The molecule has 0 fully saturated rings. The molecule has 0 aliphatic rings. The van der Waals surface area contributed by atoms with Crippen LogP contribution in [0.1, 0.15) is 17.6 Å². The Morgan fingerprint density at radius 3 is 2.70 bits per heavy atom. The molecule has 6 heteroatoms. The van der Waals surface area contributed by atoms with Gasteiger partial charge in [-0.15, -0.1) is 11.3 Å². The lowest BCUT2D eigenvalue weighted by molar-refractivity contribution is 0.597. The van der Waals surface area contributed by atoms with Crippen LogP contribution in [0, 0.1) is 6.92 Å². The summed E-state index contributed by atoms with van der Waals surface area (Å²) in [4.78, 5) is 4.76. The van der Waals surface area contributed by atoms with Gasteiger partial charge in [-0.2, -0.15) is 0 Å². The minimum absolute atomic E-state index is 0.108. The van der Waals surface area contributed by atoms with Crippen molar-refractivity contribution in [1.29, 1.82) is 0 Å².